The largest absolute Gasteiger partial charge is 0.372 e. The Labute approximate surface area is 128 Å². The van der Waals surface area contributed by atoms with Crippen molar-refractivity contribution < 1.29 is 4.74 Å². The quantitative estimate of drug-likeness (QED) is 0.582. The van der Waals surface area contributed by atoms with E-state index in [1.54, 1.807) is 0 Å². The van der Waals surface area contributed by atoms with E-state index in [-0.39, 0.29) is 6.10 Å². The van der Waals surface area contributed by atoms with Crippen molar-refractivity contribution in [3.63, 3.8) is 0 Å². The smallest absolute Gasteiger partial charge is 0.0949 e. The average molecular weight is 298 g/mol. The highest BCUT2D eigenvalue weighted by atomic mass is 35.5. The van der Waals surface area contributed by atoms with Crippen LogP contribution in [0.2, 0.25) is 5.02 Å². The van der Waals surface area contributed by atoms with Gasteiger partial charge >= 0.3 is 0 Å². The summed E-state index contributed by atoms with van der Waals surface area (Å²) in [5, 5.41) is 3.96. The lowest BCUT2D eigenvalue weighted by Crippen LogP contribution is -2.20. The van der Waals surface area contributed by atoms with Gasteiger partial charge in [0.1, 0.15) is 0 Å². The van der Waals surface area contributed by atoms with Gasteiger partial charge < -0.3 is 10.1 Å². The van der Waals surface area contributed by atoms with Gasteiger partial charge in [-0.1, -0.05) is 62.8 Å². The van der Waals surface area contributed by atoms with Gasteiger partial charge in [-0.05, 0) is 31.2 Å². The van der Waals surface area contributed by atoms with Crippen molar-refractivity contribution in [3.8, 4) is 0 Å². The Morgan fingerprint density at radius 3 is 2.35 bits per heavy atom. The minimum atomic E-state index is 0.118. The lowest BCUT2D eigenvalue weighted by Gasteiger charge is -2.18. The molecule has 0 fully saturated rings. The summed E-state index contributed by atoms with van der Waals surface area (Å²) in [5.74, 6) is 0. The van der Waals surface area contributed by atoms with Crippen molar-refractivity contribution in [1.29, 1.82) is 0 Å². The molecule has 0 saturated heterocycles. The van der Waals surface area contributed by atoms with Gasteiger partial charge in [-0.2, -0.15) is 0 Å². The first kappa shape index (κ1) is 17.5. The number of nitrogens with one attached hydrogen (secondary N) is 1. The number of unbranched alkanes of at least 4 members (excludes halogenated alkanes) is 5. The third kappa shape index (κ3) is 7.28. The van der Waals surface area contributed by atoms with E-state index < -0.39 is 0 Å². The maximum Gasteiger partial charge on any atom is 0.0949 e. The molecule has 0 bridgehead atoms. The third-order valence-electron chi connectivity index (χ3n) is 3.45. The predicted octanol–water partition coefficient (Wildman–Crippen LogP) is 4.98. The van der Waals surface area contributed by atoms with Gasteiger partial charge in [-0.25, -0.2) is 0 Å². The summed E-state index contributed by atoms with van der Waals surface area (Å²) in [6, 6.07) is 7.94. The molecule has 0 aromatic heterocycles. The molecule has 0 aliphatic rings. The standard InChI is InChI=1S/C17H28ClNO/c1-3-4-5-6-7-8-13-20-17(14-19-2)15-9-11-16(18)12-10-15/h9-12,17,19H,3-8,13-14H2,1-2H3. The molecule has 0 aliphatic heterocycles. The Hall–Kier alpha value is -0.570. The second-order valence-electron chi connectivity index (χ2n) is 5.24. The molecule has 2 nitrogen and oxygen atoms in total. The van der Waals surface area contributed by atoms with Crippen LogP contribution in [0.1, 0.15) is 57.1 Å². The Morgan fingerprint density at radius 1 is 1.05 bits per heavy atom. The van der Waals surface area contributed by atoms with Gasteiger partial charge in [-0.3, -0.25) is 0 Å². The van der Waals surface area contributed by atoms with Crippen LogP contribution in [-0.4, -0.2) is 20.2 Å². The lowest BCUT2D eigenvalue weighted by atomic mass is 10.1. The van der Waals surface area contributed by atoms with Crippen LogP contribution in [0.4, 0.5) is 0 Å². The number of rotatable bonds is 11. The van der Waals surface area contributed by atoms with E-state index in [4.69, 9.17) is 16.3 Å². The van der Waals surface area contributed by atoms with E-state index in [1.165, 1.54) is 37.7 Å². The van der Waals surface area contributed by atoms with Crippen molar-refractivity contribution >= 4 is 11.6 Å². The molecular formula is C17H28ClNO. The number of ether oxygens (including phenoxy) is 1. The fourth-order valence-corrected chi connectivity index (χ4v) is 2.37. The fourth-order valence-electron chi connectivity index (χ4n) is 2.24. The molecule has 0 heterocycles. The predicted molar refractivity (Wildman–Crippen MR) is 87.4 cm³/mol. The monoisotopic (exact) mass is 297 g/mol. The van der Waals surface area contributed by atoms with Crippen molar-refractivity contribution in [2.75, 3.05) is 20.2 Å². The fraction of sp³-hybridized carbons (Fsp3) is 0.647. The van der Waals surface area contributed by atoms with E-state index in [0.717, 1.165) is 24.6 Å². The Kier molecular flexibility index (Phi) is 9.73. The van der Waals surface area contributed by atoms with Crippen LogP contribution >= 0.6 is 11.6 Å². The van der Waals surface area contributed by atoms with E-state index >= 15 is 0 Å². The first-order valence-electron chi connectivity index (χ1n) is 7.79. The van der Waals surface area contributed by atoms with Crippen LogP contribution in [0.3, 0.4) is 0 Å². The first-order chi connectivity index (χ1) is 9.77. The number of benzene rings is 1. The molecule has 1 aromatic carbocycles. The first-order valence-corrected chi connectivity index (χ1v) is 8.17. The van der Waals surface area contributed by atoms with Gasteiger partial charge in [0.2, 0.25) is 0 Å². The van der Waals surface area contributed by atoms with E-state index in [9.17, 15) is 0 Å². The number of likely N-dealkylation sites (N-methyl/N-ethyl adjacent to an activating group) is 1. The van der Waals surface area contributed by atoms with Gasteiger partial charge in [0, 0.05) is 18.2 Å². The highest BCUT2D eigenvalue weighted by Gasteiger charge is 2.10. The number of halogens is 1. The minimum absolute atomic E-state index is 0.118. The normalized spacial score (nSPS) is 12.6. The molecule has 1 aromatic rings. The highest BCUT2D eigenvalue weighted by molar-refractivity contribution is 6.30. The van der Waals surface area contributed by atoms with Crippen molar-refractivity contribution in [2.45, 2.75) is 51.6 Å². The zero-order valence-electron chi connectivity index (χ0n) is 12.8. The summed E-state index contributed by atoms with van der Waals surface area (Å²) in [6.07, 6.45) is 7.88. The Bertz CT molecular complexity index is 339. The van der Waals surface area contributed by atoms with E-state index in [2.05, 4.69) is 12.2 Å². The molecule has 1 N–H and O–H groups in total. The molecule has 0 radical (unpaired) electrons. The van der Waals surface area contributed by atoms with Gasteiger partial charge in [0.25, 0.3) is 0 Å². The number of hydrogen-bond acceptors (Lipinski definition) is 2. The molecule has 0 aliphatic carbocycles. The van der Waals surface area contributed by atoms with Crippen molar-refractivity contribution in [1.82, 2.24) is 5.32 Å². The second kappa shape index (κ2) is 11.1. The van der Waals surface area contributed by atoms with Crippen molar-refractivity contribution in [3.05, 3.63) is 34.9 Å². The maximum atomic E-state index is 6.01. The Morgan fingerprint density at radius 2 is 1.70 bits per heavy atom. The Balaban J connectivity index is 2.27. The third-order valence-corrected chi connectivity index (χ3v) is 3.70. The molecule has 0 saturated carbocycles. The van der Waals surface area contributed by atoms with Gasteiger partial charge in [0.15, 0.2) is 0 Å². The van der Waals surface area contributed by atoms with Crippen LogP contribution in [0, 0.1) is 0 Å². The molecule has 0 amide bonds. The summed E-state index contributed by atoms with van der Waals surface area (Å²) < 4.78 is 6.01. The van der Waals surface area contributed by atoms with E-state index in [0.29, 0.717) is 0 Å². The average Bonchev–Trinajstić information content (AvgIpc) is 2.46. The molecule has 114 valence electrons. The maximum absolute atomic E-state index is 6.01. The zero-order chi connectivity index (χ0) is 14.6. The topological polar surface area (TPSA) is 21.3 Å². The van der Waals surface area contributed by atoms with Gasteiger partial charge in [0.05, 0.1) is 6.10 Å². The summed E-state index contributed by atoms with van der Waals surface area (Å²) in [4.78, 5) is 0. The van der Waals surface area contributed by atoms with Crippen LogP contribution in [0.15, 0.2) is 24.3 Å². The van der Waals surface area contributed by atoms with Gasteiger partial charge in [-0.15, -0.1) is 0 Å². The molecule has 1 unspecified atom stereocenters. The van der Waals surface area contributed by atoms with Crippen LogP contribution in [-0.2, 0) is 4.74 Å². The van der Waals surface area contributed by atoms with Crippen LogP contribution in [0.5, 0.6) is 0 Å². The molecular weight excluding hydrogens is 270 g/mol. The number of hydrogen-bond donors (Lipinski definition) is 1. The summed E-state index contributed by atoms with van der Waals surface area (Å²) in [7, 11) is 1.96. The SMILES string of the molecule is CCCCCCCCOC(CNC)c1ccc(Cl)cc1. The molecule has 3 heteroatoms. The van der Waals surface area contributed by atoms with Crippen molar-refractivity contribution in [2.24, 2.45) is 0 Å². The summed E-state index contributed by atoms with van der Waals surface area (Å²) in [5.41, 5.74) is 1.19. The van der Waals surface area contributed by atoms with E-state index in [1.807, 2.05) is 31.3 Å². The molecule has 1 atom stereocenters. The minimum Gasteiger partial charge on any atom is -0.372 e. The summed E-state index contributed by atoms with van der Waals surface area (Å²) >= 11 is 5.92. The zero-order valence-corrected chi connectivity index (χ0v) is 13.6. The molecule has 20 heavy (non-hydrogen) atoms. The highest BCUT2D eigenvalue weighted by Crippen LogP contribution is 2.20. The molecule has 1 rings (SSSR count). The molecule has 0 spiro atoms. The second-order valence-corrected chi connectivity index (χ2v) is 5.67. The van der Waals surface area contributed by atoms with Crippen LogP contribution < -0.4 is 5.32 Å². The van der Waals surface area contributed by atoms with Crippen LogP contribution in [0.25, 0.3) is 0 Å². The summed E-state index contributed by atoms with van der Waals surface area (Å²) in [6.45, 7) is 3.91. The lowest BCUT2D eigenvalue weighted by molar-refractivity contribution is 0.0511.